The summed E-state index contributed by atoms with van der Waals surface area (Å²) >= 11 is 0. The largest absolute Gasteiger partial charge is 0.479 e. The minimum atomic E-state index is -3.73. The van der Waals surface area contributed by atoms with Gasteiger partial charge in [-0.05, 0) is 6.42 Å². The van der Waals surface area contributed by atoms with Crippen molar-refractivity contribution in [2.24, 2.45) is 0 Å². The molecule has 0 radical (unpaired) electrons. The Morgan fingerprint density at radius 2 is 2.08 bits per heavy atom. The lowest BCUT2D eigenvalue weighted by atomic mass is 10.1. The van der Waals surface area contributed by atoms with Gasteiger partial charge in [0.25, 0.3) is 12.1 Å². The lowest BCUT2D eigenvalue weighted by Crippen LogP contribution is -2.36. The topological polar surface area (TPSA) is 37.3 Å². The van der Waals surface area contributed by atoms with E-state index in [9.17, 15) is 18.0 Å². The minimum Gasteiger partial charge on any atom is -0.479 e. The molecule has 0 aromatic rings. The van der Waals surface area contributed by atoms with E-state index in [-0.39, 0.29) is 6.42 Å². The van der Waals surface area contributed by atoms with Crippen LogP contribution in [0.4, 0.5) is 13.2 Å². The Balaban J connectivity index is 4.08. The number of alkyl halides is 3. The van der Waals surface area contributed by atoms with Gasteiger partial charge in [0.1, 0.15) is 0 Å². The summed E-state index contributed by atoms with van der Waals surface area (Å²) in [5.41, 5.74) is 0. The third-order valence-electron chi connectivity index (χ3n) is 1.45. The highest BCUT2D eigenvalue weighted by Gasteiger charge is 2.44. The van der Waals surface area contributed by atoms with Gasteiger partial charge in [-0.1, -0.05) is 13.3 Å². The SMILES string of the molecule is CCCCC(F)(F)C(F)C(=O)O. The number of unbranched alkanes of at least 4 members (excludes halogenated alkanes) is 1. The summed E-state index contributed by atoms with van der Waals surface area (Å²) in [5, 5.41) is 7.96. The van der Waals surface area contributed by atoms with Gasteiger partial charge in [0.15, 0.2) is 0 Å². The summed E-state index contributed by atoms with van der Waals surface area (Å²) in [5.74, 6) is -5.84. The third-order valence-corrected chi connectivity index (χ3v) is 1.45. The van der Waals surface area contributed by atoms with E-state index in [0.29, 0.717) is 6.42 Å². The summed E-state index contributed by atoms with van der Waals surface area (Å²) in [6, 6.07) is 0. The second-order valence-electron chi connectivity index (χ2n) is 2.57. The lowest BCUT2D eigenvalue weighted by molar-refractivity contribution is -0.160. The van der Waals surface area contributed by atoms with Gasteiger partial charge in [-0.15, -0.1) is 0 Å². The molecule has 0 aromatic heterocycles. The van der Waals surface area contributed by atoms with Crippen molar-refractivity contribution in [1.82, 2.24) is 0 Å². The van der Waals surface area contributed by atoms with Crippen molar-refractivity contribution in [3.63, 3.8) is 0 Å². The first-order valence-corrected chi connectivity index (χ1v) is 3.66. The number of aliphatic carboxylic acids is 1. The van der Waals surface area contributed by atoms with Crippen molar-refractivity contribution in [1.29, 1.82) is 0 Å². The molecule has 0 rings (SSSR count). The predicted octanol–water partition coefficient (Wildman–Crippen LogP) is 2.23. The molecule has 0 fully saturated rings. The molecule has 1 unspecified atom stereocenters. The number of carboxylic acid groups (broad SMARTS) is 1. The molecule has 12 heavy (non-hydrogen) atoms. The average Bonchev–Trinajstić information content (AvgIpc) is 1.99. The van der Waals surface area contributed by atoms with Crippen LogP contribution in [0.5, 0.6) is 0 Å². The second kappa shape index (κ2) is 4.33. The Kier molecular flexibility index (Phi) is 4.06. The molecule has 72 valence electrons. The van der Waals surface area contributed by atoms with Gasteiger partial charge in [0.05, 0.1) is 0 Å². The highest BCUT2D eigenvalue weighted by molar-refractivity contribution is 5.73. The van der Waals surface area contributed by atoms with E-state index in [1.165, 1.54) is 0 Å². The van der Waals surface area contributed by atoms with Crippen LogP contribution in [0.25, 0.3) is 0 Å². The van der Waals surface area contributed by atoms with Crippen LogP contribution in [0.3, 0.4) is 0 Å². The molecule has 0 saturated heterocycles. The second-order valence-corrected chi connectivity index (χ2v) is 2.57. The van der Waals surface area contributed by atoms with E-state index in [2.05, 4.69) is 0 Å². The summed E-state index contributed by atoms with van der Waals surface area (Å²) in [6.45, 7) is 1.67. The average molecular weight is 184 g/mol. The normalized spacial score (nSPS) is 14.3. The van der Waals surface area contributed by atoms with Crippen molar-refractivity contribution in [2.75, 3.05) is 0 Å². The van der Waals surface area contributed by atoms with Gasteiger partial charge in [-0.25, -0.2) is 18.0 Å². The zero-order valence-corrected chi connectivity index (χ0v) is 6.69. The number of hydrogen-bond donors (Lipinski definition) is 1. The van der Waals surface area contributed by atoms with Crippen molar-refractivity contribution in [2.45, 2.75) is 38.3 Å². The fraction of sp³-hybridized carbons (Fsp3) is 0.857. The minimum absolute atomic E-state index is 0.126. The zero-order valence-electron chi connectivity index (χ0n) is 6.69. The van der Waals surface area contributed by atoms with E-state index >= 15 is 0 Å². The van der Waals surface area contributed by atoms with E-state index in [0.717, 1.165) is 0 Å². The number of rotatable bonds is 5. The molecule has 1 atom stereocenters. The molecule has 0 aliphatic carbocycles. The molecule has 0 spiro atoms. The van der Waals surface area contributed by atoms with E-state index < -0.39 is 24.5 Å². The Morgan fingerprint density at radius 1 is 1.58 bits per heavy atom. The maximum atomic E-state index is 12.5. The molecule has 0 aliphatic rings. The fourth-order valence-electron chi connectivity index (χ4n) is 0.720. The van der Waals surface area contributed by atoms with Gasteiger partial charge >= 0.3 is 5.97 Å². The smallest absolute Gasteiger partial charge is 0.344 e. The first kappa shape index (κ1) is 11.3. The van der Waals surface area contributed by atoms with Crippen LogP contribution in [-0.4, -0.2) is 23.2 Å². The Hall–Kier alpha value is -0.740. The van der Waals surface area contributed by atoms with Crippen LogP contribution in [-0.2, 0) is 4.79 Å². The number of halogens is 3. The van der Waals surface area contributed by atoms with Crippen LogP contribution in [0.15, 0.2) is 0 Å². The molecule has 0 bridgehead atoms. The van der Waals surface area contributed by atoms with Crippen LogP contribution in [0.2, 0.25) is 0 Å². The standard InChI is InChI=1S/C7H11F3O2/c1-2-3-4-7(9,10)5(8)6(11)12/h5H,2-4H2,1H3,(H,11,12). The third kappa shape index (κ3) is 3.11. The maximum absolute atomic E-state index is 12.5. The monoisotopic (exact) mass is 184 g/mol. The van der Waals surface area contributed by atoms with Gasteiger partial charge in [-0.2, -0.15) is 0 Å². The van der Waals surface area contributed by atoms with Gasteiger partial charge < -0.3 is 5.11 Å². The fourth-order valence-corrected chi connectivity index (χ4v) is 0.720. The lowest BCUT2D eigenvalue weighted by Gasteiger charge is -2.16. The summed E-state index contributed by atoms with van der Waals surface area (Å²) in [6.07, 6.45) is -3.18. The first-order chi connectivity index (χ1) is 5.41. The van der Waals surface area contributed by atoms with E-state index in [1.807, 2.05) is 0 Å². The molecule has 0 heterocycles. The number of carbonyl (C=O) groups is 1. The Labute approximate surface area is 68.4 Å². The van der Waals surface area contributed by atoms with Gasteiger partial charge in [0, 0.05) is 6.42 Å². The first-order valence-electron chi connectivity index (χ1n) is 3.66. The quantitative estimate of drug-likeness (QED) is 0.711. The Morgan fingerprint density at radius 3 is 2.42 bits per heavy atom. The number of hydrogen-bond acceptors (Lipinski definition) is 1. The molecule has 0 saturated carbocycles. The highest BCUT2D eigenvalue weighted by Crippen LogP contribution is 2.27. The summed E-state index contributed by atoms with van der Waals surface area (Å²) in [4.78, 5) is 9.85. The number of carboxylic acids is 1. The molecular weight excluding hydrogens is 173 g/mol. The molecular formula is C7H11F3O2. The van der Waals surface area contributed by atoms with Crippen LogP contribution in [0, 0.1) is 0 Å². The maximum Gasteiger partial charge on any atom is 0.344 e. The van der Waals surface area contributed by atoms with E-state index in [1.54, 1.807) is 6.92 Å². The highest BCUT2D eigenvalue weighted by atomic mass is 19.3. The molecule has 2 nitrogen and oxygen atoms in total. The molecule has 0 amide bonds. The van der Waals surface area contributed by atoms with Crippen molar-refractivity contribution < 1.29 is 23.1 Å². The molecule has 0 aromatic carbocycles. The van der Waals surface area contributed by atoms with Crippen LogP contribution >= 0.6 is 0 Å². The van der Waals surface area contributed by atoms with Crippen LogP contribution < -0.4 is 0 Å². The van der Waals surface area contributed by atoms with Crippen molar-refractivity contribution in [3.8, 4) is 0 Å². The summed E-state index contributed by atoms with van der Waals surface area (Å²) in [7, 11) is 0. The molecule has 5 heteroatoms. The van der Waals surface area contributed by atoms with Crippen molar-refractivity contribution >= 4 is 5.97 Å². The van der Waals surface area contributed by atoms with E-state index in [4.69, 9.17) is 5.11 Å². The van der Waals surface area contributed by atoms with Crippen LogP contribution in [0.1, 0.15) is 26.2 Å². The zero-order chi connectivity index (χ0) is 9.78. The Bertz CT molecular complexity index is 159. The molecule has 1 N–H and O–H groups in total. The predicted molar refractivity (Wildman–Crippen MR) is 37.0 cm³/mol. The van der Waals surface area contributed by atoms with Gasteiger partial charge in [0.2, 0.25) is 0 Å². The summed E-state index contributed by atoms with van der Waals surface area (Å²) < 4.78 is 37.3. The van der Waals surface area contributed by atoms with Gasteiger partial charge in [-0.3, -0.25) is 0 Å². The van der Waals surface area contributed by atoms with Crippen molar-refractivity contribution in [3.05, 3.63) is 0 Å². The molecule has 0 aliphatic heterocycles.